The minimum Gasteiger partial charge on any atom is -0.323 e. The van der Waals surface area contributed by atoms with Crippen LogP contribution in [0.1, 0.15) is 24.1 Å². The molecule has 2 unspecified atom stereocenters. The highest BCUT2D eigenvalue weighted by molar-refractivity contribution is 8.00. The van der Waals surface area contributed by atoms with Gasteiger partial charge in [-0.3, -0.25) is 0 Å². The molecule has 2 atom stereocenters. The van der Waals surface area contributed by atoms with Crippen LogP contribution < -0.4 is 5.73 Å². The molecule has 0 aliphatic carbocycles. The zero-order valence-electron chi connectivity index (χ0n) is 11.1. The van der Waals surface area contributed by atoms with E-state index >= 15 is 0 Å². The van der Waals surface area contributed by atoms with Gasteiger partial charge in [-0.1, -0.05) is 42.8 Å². The standard InChI is InChI=1S/C16H18FNS/c1-11-6-8-13(9-7-11)16(18)12(2)19-15-5-3-4-14(17)10-15/h3-10,12,16H,18H2,1-2H3. The van der Waals surface area contributed by atoms with Crippen molar-refractivity contribution in [2.75, 3.05) is 0 Å². The van der Waals surface area contributed by atoms with Crippen molar-refractivity contribution in [3.8, 4) is 0 Å². The molecule has 0 saturated carbocycles. The first-order chi connectivity index (χ1) is 9.06. The molecule has 0 saturated heterocycles. The SMILES string of the molecule is Cc1ccc(C(N)C(C)Sc2cccc(F)c2)cc1. The van der Waals surface area contributed by atoms with Gasteiger partial charge < -0.3 is 5.73 Å². The first-order valence-corrected chi connectivity index (χ1v) is 7.18. The molecule has 0 aliphatic rings. The quantitative estimate of drug-likeness (QED) is 0.841. The molecular formula is C16H18FNS. The molecule has 2 N–H and O–H groups in total. The van der Waals surface area contributed by atoms with Crippen LogP contribution in [0.3, 0.4) is 0 Å². The van der Waals surface area contributed by atoms with Crippen LogP contribution in [0, 0.1) is 12.7 Å². The molecule has 0 aromatic heterocycles. The van der Waals surface area contributed by atoms with E-state index in [1.165, 1.54) is 11.6 Å². The Morgan fingerprint density at radius 3 is 2.42 bits per heavy atom. The van der Waals surface area contributed by atoms with E-state index in [-0.39, 0.29) is 17.1 Å². The molecule has 100 valence electrons. The average Bonchev–Trinajstić information content (AvgIpc) is 2.39. The van der Waals surface area contributed by atoms with Gasteiger partial charge in [0.15, 0.2) is 0 Å². The summed E-state index contributed by atoms with van der Waals surface area (Å²) in [6.07, 6.45) is 0. The smallest absolute Gasteiger partial charge is 0.124 e. The summed E-state index contributed by atoms with van der Waals surface area (Å²) in [4.78, 5) is 0.912. The van der Waals surface area contributed by atoms with E-state index in [1.807, 2.05) is 6.07 Å². The van der Waals surface area contributed by atoms with E-state index in [4.69, 9.17) is 5.73 Å². The Balaban J connectivity index is 2.07. The number of rotatable bonds is 4. The van der Waals surface area contributed by atoms with Crippen molar-refractivity contribution in [3.05, 3.63) is 65.5 Å². The van der Waals surface area contributed by atoms with Crippen LogP contribution in [0.15, 0.2) is 53.4 Å². The van der Waals surface area contributed by atoms with Gasteiger partial charge in [0.25, 0.3) is 0 Å². The van der Waals surface area contributed by atoms with Crippen molar-refractivity contribution in [2.24, 2.45) is 5.73 Å². The normalized spacial score (nSPS) is 14.1. The summed E-state index contributed by atoms with van der Waals surface area (Å²) in [5, 5.41) is 0.185. The summed E-state index contributed by atoms with van der Waals surface area (Å²) in [5.74, 6) is -0.207. The van der Waals surface area contributed by atoms with Crippen molar-refractivity contribution >= 4 is 11.8 Å². The van der Waals surface area contributed by atoms with Crippen molar-refractivity contribution in [3.63, 3.8) is 0 Å². The van der Waals surface area contributed by atoms with Gasteiger partial charge in [0.2, 0.25) is 0 Å². The molecule has 2 aromatic rings. The van der Waals surface area contributed by atoms with Crippen LogP contribution in [0.4, 0.5) is 4.39 Å². The number of aryl methyl sites for hydroxylation is 1. The first-order valence-electron chi connectivity index (χ1n) is 6.30. The van der Waals surface area contributed by atoms with Crippen LogP contribution in [0.2, 0.25) is 0 Å². The van der Waals surface area contributed by atoms with Gasteiger partial charge in [-0.15, -0.1) is 11.8 Å². The van der Waals surface area contributed by atoms with Gasteiger partial charge in [-0.05, 0) is 30.7 Å². The maximum Gasteiger partial charge on any atom is 0.124 e. The third-order valence-corrected chi connectivity index (χ3v) is 4.28. The molecule has 1 nitrogen and oxygen atoms in total. The number of thioether (sulfide) groups is 1. The van der Waals surface area contributed by atoms with Gasteiger partial charge in [0.05, 0.1) is 0 Å². The monoisotopic (exact) mass is 275 g/mol. The third kappa shape index (κ3) is 3.82. The molecule has 0 heterocycles. The number of nitrogens with two attached hydrogens (primary N) is 1. The van der Waals surface area contributed by atoms with E-state index in [9.17, 15) is 4.39 Å². The summed E-state index contributed by atoms with van der Waals surface area (Å²) in [7, 11) is 0. The summed E-state index contributed by atoms with van der Waals surface area (Å²) in [5.41, 5.74) is 8.60. The molecule has 0 aliphatic heterocycles. The van der Waals surface area contributed by atoms with Gasteiger partial charge in [-0.2, -0.15) is 0 Å². The minimum atomic E-state index is -0.207. The second-order valence-electron chi connectivity index (χ2n) is 4.72. The molecule has 2 rings (SSSR count). The first kappa shape index (κ1) is 14.1. The lowest BCUT2D eigenvalue weighted by Gasteiger charge is -2.20. The molecule has 0 fully saturated rings. The molecule has 0 spiro atoms. The lowest BCUT2D eigenvalue weighted by Crippen LogP contribution is -2.20. The fourth-order valence-electron chi connectivity index (χ4n) is 1.89. The maximum atomic E-state index is 13.1. The average molecular weight is 275 g/mol. The van der Waals surface area contributed by atoms with Crippen molar-refractivity contribution in [1.82, 2.24) is 0 Å². The Hall–Kier alpha value is -1.32. The lowest BCUT2D eigenvalue weighted by atomic mass is 10.0. The van der Waals surface area contributed by atoms with Crippen LogP contribution in [-0.4, -0.2) is 5.25 Å². The van der Waals surface area contributed by atoms with E-state index < -0.39 is 0 Å². The molecular weight excluding hydrogens is 257 g/mol. The van der Waals surface area contributed by atoms with Gasteiger partial charge in [0.1, 0.15) is 5.82 Å². The topological polar surface area (TPSA) is 26.0 Å². The Morgan fingerprint density at radius 1 is 1.11 bits per heavy atom. The zero-order chi connectivity index (χ0) is 13.8. The molecule has 3 heteroatoms. The molecule has 0 amide bonds. The molecule has 0 radical (unpaired) electrons. The summed E-state index contributed by atoms with van der Waals surface area (Å²) in [6.45, 7) is 4.13. The number of halogens is 1. The number of hydrogen-bond acceptors (Lipinski definition) is 2. The fourth-order valence-corrected chi connectivity index (χ4v) is 2.96. The van der Waals surface area contributed by atoms with E-state index in [0.717, 1.165) is 10.5 Å². The summed E-state index contributed by atoms with van der Waals surface area (Å²) >= 11 is 1.60. The van der Waals surface area contributed by atoms with Gasteiger partial charge in [0, 0.05) is 16.2 Å². The van der Waals surface area contributed by atoms with Gasteiger partial charge in [-0.25, -0.2) is 4.39 Å². The van der Waals surface area contributed by atoms with Gasteiger partial charge >= 0.3 is 0 Å². The third-order valence-electron chi connectivity index (χ3n) is 3.09. The van der Waals surface area contributed by atoms with Crippen molar-refractivity contribution in [1.29, 1.82) is 0 Å². The predicted octanol–water partition coefficient (Wildman–Crippen LogP) is 4.31. The molecule has 0 bridgehead atoms. The Morgan fingerprint density at radius 2 is 1.79 bits per heavy atom. The van der Waals surface area contributed by atoms with Crippen LogP contribution in [0.5, 0.6) is 0 Å². The molecule has 2 aromatic carbocycles. The van der Waals surface area contributed by atoms with E-state index in [1.54, 1.807) is 23.9 Å². The maximum absolute atomic E-state index is 13.1. The van der Waals surface area contributed by atoms with E-state index in [2.05, 4.69) is 38.1 Å². The van der Waals surface area contributed by atoms with Crippen LogP contribution >= 0.6 is 11.8 Å². The Kier molecular flexibility index (Phi) is 4.61. The number of benzene rings is 2. The highest BCUT2D eigenvalue weighted by atomic mass is 32.2. The van der Waals surface area contributed by atoms with Crippen molar-refractivity contribution in [2.45, 2.75) is 30.0 Å². The second kappa shape index (κ2) is 6.22. The second-order valence-corrected chi connectivity index (χ2v) is 6.17. The fraction of sp³-hybridized carbons (Fsp3) is 0.250. The van der Waals surface area contributed by atoms with Crippen LogP contribution in [0.25, 0.3) is 0 Å². The summed E-state index contributed by atoms with van der Waals surface area (Å²) in [6, 6.07) is 14.8. The van der Waals surface area contributed by atoms with Crippen molar-refractivity contribution < 1.29 is 4.39 Å². The highest BCUT2D eigenvalue weighted by Crippen LogP contribution is 2.30. The summed E-state index contributed by atoms with van der Waals surface area (Å²) < 4.78 is 13.1. The zero-order valence-corrected chi connectivity index (χ0v) is 12.0. The van der Waals surface area contributed by atoms with E-state index in [0.29, 0.717) is 0 Å². The predicted molar refractivity (Wildman–Crippen MR) is 79.8 cm³/mol. The van der Waals surface area contributed by atoms with Crippen LogP contribution in [-0.2, 0) is 0 Å². The Bertz CT molecular complexity index is 539. The lowest BCUT2D eigenvalue weighted by molar-refractivity contribution is 0.624. The Labute approximate surface area is 118 Å². The minimum absolute atomic E-state index is 0.0612. The highest BCUT2D eigenvalue weighted by Gasteiger charge is 2.16. The number of hydrogen-bond donors (Lipinski definition) is 1. The molecule has 19 heavy (non-hydrogen) atoms. The largest absolute Gasteiger partial charge is 0.323 e.